The number of benzene rings is 1. The van der Waals surface area contributed by atoms with Crippen molar-refractivity contribution in [3.8, 4) is 0 Å². The Balaban J connectivity index is 2.04. The molecule has 2 unspecified atom stereocenters. The molecule has 1 saturated heterocycles. The smallest absolute Gasteiger partial charge is 0.0449 e. The molecular weight excluding hydrogens is 256 g/mol. The van der Waals surface area contributed by atoms with Gasteiger partial charge < -0.3 is 5.32 Å². The van der Waals surface area contributed by atoms with Gasteiger partial charge in [-0.15, -0.1) is 0 Å². The maximum atomic E-state index is 3.77. The van der Waals surface area contributed by atoms with Gasteiger partial charge >= 0.3 is 0 Å². The Morgan fingerprint density at radius 2 is 1.86 bits per heavy atom. The van der Waals surface area contributed by atoms with E-state index in [1.165, 1.54) is 37.8 Å². The van der Waals surface area contributed by atoms with Crippen LogP contribution in [0.25, 0.3) is 0 Å². The first-order chi connectivity index (χ1) is 10.3. The van der Waals surface area contributed by atoms with Gasteiger partial charge in [0, 0.05) is 31.7 Å². The summed E-state index contributed by atoms with van der Waals surface area (Å²) in [7, 11) is 0. The molecule has 1 aromatic carbocycles. The van der Waals surface area contributed by atoms with Crippen LogP contribution in [-0.2, 0) is 0 Å². The molecule has 1 aromatic rings. The molecule has 2 rings (SSSR count). The highest BCUT2D eigenvalue weighted by molar-refractivity contribution is 5.20. The van der Waals surface area contributed by atoms with Crippen molar-refractivity contribution in [1.82, 2.24) is 10.2 Å². The third-order valence-corrected chi connectivity index (χ3v) is 5.00. The van der Waals surface area contributed by atoms with Crippen LogP contribution in [-0.4, -0.2) is 30.6 Å². The van der Waals surface area contributed by atoms with Gasteiger partial charge in [-0.05, 0) is 17.9 Å². The van der Waals surface area contributed by atoms with Crippen LogP contribution in [0.4, 0.5) is 0 Å². The van der Waals surface area contributed by atoms with Gasteiger partial charge in [0.2, 0.25) is 0 Å². The van der Waals surface area contributed by atoms with Gasteiger partial charge in [-0.2, -0.15) is 0 Å². The molecule has 0 amide bonds. The largest absolute Gasteiger partial charge is 0.307 e. The molecule has 2 atom stereocenters. The highest BCUT2D eigenvalue weighted by atomic mass is 15.2. The van der Waals surface area contributed by atoms with Gasteiger partial charge in [0.1, 0.15) is 0 Å². The normalized spacial score (nSPS) is 23.6. The van der Waals surface area contributed by atoms with E-state index >= 15 is 0 Å². The SMILES string of the molecule is CCCC1CNC(c2ccccc2)CN1CC(CC)CC. The standard InChI is InChI=1S/C19H32N2/c1-4-10-18-13-20-19(17-11-8-7-9-12-17)15-21(18)14-16(5-2)6-3/h7-9,11-12,16,18-20H,4-6,10,13-15H2,1-3H3. The van der Waals surface area contributed by atoms with E-state index in [2.05, 4.69) is 61.3 Å². The zero-order chi connectivity index (χ0) is 15.1. The van der Waals surface area contributed by atoms with Gasteiger partial charge in [0.25, 0.3) is 0 Å². The summed E-state index contributed by atoms with van der Waals surface area (Å²) >= 11 is 0. The average Bonchev–Trinajstić information content (AvgIpc) is 2.55. The minimum absolute atomic E-state index is 0.494. The van der Waals surface area contributed by atoms with E-state index in [9.17, 15) is 0 Å². The third-order valence-electron chi connectivity index (χ3n) is 5.00. The molecule has 1 fully saturated rings. The van der Waals surface area contributed by atoms with Crippen molar-refractivity contribution in [1.29, 1.82) is 0 Å². The quantitative estimate of drug-likeness (QED) is 0.807. The van der Waals surface area contributed by atoms with Crippen molar-refractivity contribution >= 4 is 0 Å². The second kappa shape index (κ2) is 8.55. The fourth-order valence-corrected chi connectivity index (χ4v) is 3.48. The summed E-state index contributed by atoms with van der Waals surface area (Å²) in [6.45, 7) is 10.5. The van der Waals surface area contributed by atoms with Crippen molar-refractivity contribution in [3.63, 3.8) is 0 Å². The van der Waals surface area contributed by atoms with Crippen LogP contribution in [0.5, 0.6) is 0 Å². The van der Waals surface area contributed by atoms with E-state index in [0.29, 0.717) is 6.04 Å². The molecule has 0 radical (unpaired) electrons. The van der Waals surface area contributed by atoms with Gasteiger partial charge in [-0.25, -0.2) is 0 Å². The molecule has 21 heavy (non-hydrogen) atoms. The molecule has 2 nitrogen and oxygen atoms in total. The molecule has 1 aliphatic rings. The molecule has 118 valence electrons. The van der Waals surface area contributed by atoms with E-state index in [-0.39, 0.29) is 0 Å². The van der Waals surface area contributed by atoms with E-state index in [1.54, 1.807) is 0 Å². The first-order valence-corrected chi connectivity index (χ1v) is 8.80. The molecule has 0 bridgehead atoms. The molecular formula is C19H32N2. The number of rotatable bonds is 7. The Hall–Kier alpha value is -0.860. The Labute approximate surface area is 130 Å². The van der Waals surface area contributed by atoms with Crippen LogP contribution >= 0.6 is 0 Å². The highest BCUT2D eigenvalue weighted by Crippen LogP contribution is 2.24. The Bertz CT molecular complexity index is 386. The molecule has 0 spiro atoms. The molecule has 0 aliphatic carbocycles. The molecule has 1 heterocycles. The van der Waals surface area contributed by atoms with Crippen LogP contribution in [0.1, 0.15) is 58.1 Å². The Kier molecular flexibility index (Phi) is 6.72. The van der Waals surface area contributed by atoms with Crippen LogP contribution in [0.2, 0.25) is 0 Å². The van der Waals surface area contributed by atoms with Crippen LogP contribution in [0, 0.1) is 5.92 Å². The minimum Gasteiger partial charge on any atom is -0.307 e. The number of nitrogens with one attached hydrogen (secondary N) is 1. The highest BCUT2D eigenvalue weighted by Gasteiger charge is 2.28. The zero-order valence-electron chi connectivity index (χ0n) is 14.0. The summed E-state index contributed by atoms with van der Waals surface area (Å²) in [4.78, 5) is 2.76. The van der Waals surface area contributed by atoms with Crippen molar-refractivity contribution in [3.05, 3.63) is 35.9 Å². The fraction of sp³-hybridized carbons (Fsp3) is 0.684. The lowest BCUT2D eigenvalue weighted by atomic mass is 9.96. The van der Waals surface area contributed by atoms with E-state index in [4.69, 9.17) is 0 Å². The van der Waals surface area contributed by atoms with Gasteiger partial charge in [0.15, 0.2) is 0 Å². The minimum atomic E-state index is 0.494. The number of piperazine rings is 1. The summed E-state index contributed by atoms with van der Waals surface area (Å²) in [5.74, 6) is 0.846. The predicted octanol–water partition coefficient (Wildman–Crippen LogP) is 4.24. The van der Waals surface area contributed by atoms with E-state index < -0.39 is 0 Å². The van der Waals surface area contributed by atoms with Gasteiger partial charge in [-0.1, -0.05) is 70.4 Å². The topological polar surface area (TPSA) is 15.3 Å². The number of hydrogen-bond donors (Lipinski definition) is 1. The second-order valence-corrected chi connectivity index (χ2v) is 6.45. The van der Waals surface area contributed by atoms with Crippen LogP contribution < -0.4 is 5.32 Å². The molecule has 0 aromatic heterocycles. The zero-order valence-corrected chi connectivity index (χ0v) is 14.0. The van der Waals surface area contributed by atoms with Gasteiger partial charge in [-0.3, -0.25) is 4.90 Å². The monoisotopic (exact) mass is 288 g/mol. The summed E-state index contributed by atoms with van der Waals surface area (Å²) in [6.07, 6.45) is 5.20. The number of hydrogen-bond acceptors (Lipinski definition) is 2. The van der Waals surface area contributed by atoms with E-state index in [1.807, 2.05) is 0 Å². The first-order valence-electron chi connectivity index (χ1n) is 8.80. The molecule has 1 aliphatic heterocycles. The summed E-state index contributed by atoms with van der Waals surface area (Å²) < 4.78 is 0. The summed E-state index contributed by atoms with van der Waals surface area (Å²) in [5, 5.41) is 3.77. The van der Waals surface area contributed by atoms with Gasteiger partial charge in [0.05, 0.1) is 0 Å². The predicted molar refractivity (Wildman–Crippen MR) is 91.5 cm³/mol. The van der Waals surface area contributed by atoms with Crippen molar-refractivity contribution < 1.29 is 0 Å². The molecule has 1 N–H and O–H groups in total. The second-order valence-electron chi connectivity index (χ2n) is 6.45. The Morgan fingerprint density at radius 3 is 2.48 bits per heavy atom. The van der Waals surface area contributed by atoms with Crippen molar-refractivity contribution in [2.45, 2.75) is 58.5 Å². The summed E-state index contributed by atoms with van der Waals surface area (Å²) in [5.41, 5.74) is 1.43. The lowest BCUT2D eigenvalue weighted by Crippen LogP contribution is -2.53. The van der Waals surface area contributed by atoms with Crippen LogP contribution in [0.15, 0.2) is 30.3 Å². The lowest BCUT2D eigenvalue weighted by Gasteiger charge is -2.42. The lowest BCUT2D eigenvalue weighted by molar-refractivity contribution is 0.101. The fourth-order valence-electron chi connectivity index (χ4n) is 3.48. The van der Waals surface area contributed by atoms with Crippen LogP contribution in [0.3, 0.4) is 0 Å². The maximum Gasteiger partial charge on any atom is 0.0449 e. The summed E-state index contributed by atoms with van der Waals surface area (Å²) in [6, 6.07) is 12.1. The third kappa shape index (κ3) is 4.55. The van der Waals surface area contributed by atoms with Crippen molar-refractivity contribution in [2.75, 3.05) is 19.6 Å². The van der Waals surface area contributed by atoms with E-state index in [0.717, 1.165) is 25.0 Å². The molecule has 2 heteroatoms. The Morgan fingerprint density at radius 1 is 1.14 bits per heavy atom. The van der Waals surface area contributed by atoms with Crippen molar-refractivity contribution in [2.24, 2.45) is 5.92 Å². The number of nitrogens with zero attached hydrogens (tertiary/aromatic N) is 1. The maximum absolute atomic E-state index is 3.77. The molecule has 0 saturated carbocycles. The first kappa shape index (κ1) is 16.5. The average molecular weight is 288 g/mol.